The molecule has 0 aliphatic heterocycles. The molecule has 0 aliphatic carbocycles. The summed E-state index contributed by atoms with van der Waals surface area (Å²) in [5, 5.41) is 5.92. The first-order chi connectivity index (χ1) is 12.5. The third-order valence-corrected chi connectivity index (χ3v) is 4.33. The van der Waals surface area contributed by atoms with Crippen LogP contribution in [0.3, 0.4) is 0 Å². The Morgan fingerprint density at radius 3 is 2.15 bits per heavy atom. The predicted octanol–water partition coefficient (Wildman–Crippen LogP) is 2.23. The molecule has 0 fully saturated rings. The highest BCUT2D eigenvalue weighted by Gasteiger charge is 2.26. The lowest BCUT2D eigenvalue weighted by Gasteiger charge is -2.26. The minimum atomic E-state index is -0.616. The Balaban J connectivity index is 2.18. The van der Waals surface area contributed by atoms with E-state index >= 15 is 0 Å². The molecule has 0 aliphatic rings. The Bertz CT molecular complexity index is 704. The number of amides is 2. The maximum atomic E-state index is 13.1. The number of carbonyl (C=O) groups is 2. The molecule has 0 bridgehead atoms. The molecular formula is C21H27N3O2. The number of nitrogens with one attached hydrogen (secondary N) is 2. The number of para-hydroxylation sites is 1. The molecule has 26 heavy (non-hydrogen) atoms. The summed E-state index contributed by atoms with van der Waals surface area (Å²) in [7, 11) is 3.54. The first-order valence-corrected chi connectivity index (χ1v) is 8.84. The lowest BCUT2D eigenvalue weighted by Crippen LogP contribution is -2.50. The summed E-state index contributed by atoms with van der Waals surface area (Å²) in [5.41, 5.74) is 1.81. The zero-order chi connectivity index (χ0) is 18.9. The van der Waals surface area contributed by atoms with Gasteiger partial charge < -0.3 is 15.5 Å². The van der Waals surface area contributed by atoms with E-state index in [0.29, 0.717) is 13.0 Å². The number of rotatable bonds is 8. The second-order valence-electron chi connectivity index (χ2n) is 6.44. The first-order valence-electron chi connectivity index (χ1n) is 8.84. The van der Waals surface area contributed by atoms with Gasteiger partial charge in [-0.3, -0.25) is 9.59 Å². The Labute approximate surface area is 155 Å². The topological polar surface area (TPSA) is 61.4 Å². The number of hydrogen-bond acceptors (Lipinski definition) is 3. The highest BCUT2D eigenvalue weighted by atomic mass is 16.2. The van der Waals surface area contributed by atoms with E-state index in [1.54, 1.807) is 19.0 Å². The van der Waals surface area contributed by atoms with Crippen molar-refractivity contribution >= 4 is 17.5 Å². The number of anilines is 1. The Kier molecular flexibility index (Phi) is 7.36. The highest BCUT2D eigenvalue weighted by molar-refractivity contribution is 5.99. The minimum absolute atomic E-state index is 0.130. The maximum absolute atomic E-state index is 13.1. The van der Waals surface area contributed by atoms with Crippen molar-refractivity contribution in [1.82, 2.24) is 10.6 Å². The van der Waals surface area contributed by atoms with Crippen molar-refractivity contribution in [3.8, 4) is 0 Å². The van der Waals surface area contributed by atoms with Gasteiger partial charge in [0.15, 0.2) is 0 Å². The van der Waals surface area contributed by atoms with Gasteiger partial charge >= 0.3 is 0 Å². The monoisotopic (exact) mass is 353 g/mol. The molecule has 0 heterocycles. The summed E-state index contributed by atoms with van der Waals surface area (Å²) in [6, 6.07) is 18.6. The van der Waals surface area contributed by atoms with Crippen LogP contribution in [0, 0.1) is 5.92 Å². The van der Waals surface area contributed by atoms with Crippen LogP contribution in [0.15, 0.2) is 60.7 Å². The van der Waals surface area contributed by atoms with Gasteiger partial charge in [-0.25, -0.2) is 0 Å². The summed E-state index contributed by atoms with van der Waals surface area (Å²) in [6.45, 7) is 2.41. The van der Waals surface area contributed by atoms with E-state index in [1.807, 2.05) is 67.6 Å². The molecule has 5 nitrogen and oxygen atoms in total. The van der Waals surface area contributed by atoms with Crippen molar-refractivity contribution in [2.75, 3.05) is 25.5 Å². The highest BCUT2D eigenvalue weighted by Crippen LogP contribution is 2.14. The Morgan fingerprint density at radius 2 is 1.58 bits per heavy atom. The van der Waals surface area contributed by atoms with Gasteiger partial charge in [0.25, 0.3) is 0 Å². The number of carbonyl (C=O) groups excluding carboxylic acids is 2. The maximum Gasteiger partial charge on any atom is 0.249 e. The summed E-state index contributed by atoms with van der Waals surface area (Å²) in [6.07, 6.45) is 0.453. The normalized spacial score (nSPS) is 12.9. The minimum Gasteiger partial charge on any atom is -0.344 e. The van der Waals surface area contributed by atoms with Crippen LogP contribution in [-0.4, -0.2) is 38.5 Å². The molecule has 5 heteroatoms. The molecule has 0 saturated heterocycles. The van der Waals surface area contributed by atoms with Crippen molar-refractivity contribution in [2.45, 2.75) is 19.4 Å². The number of likely N-dealkylation sites (N-methyl/N-ethyl adjacent to an activating group) is 1. The van der Waals surface area contributed by atoms with Gasteiger partial charge in [0.1, 0.15) is 6.04 Å². The van der Waals surface area contributed by atoms with E-state index in [1.165, 1.54) is 0 Å². The fraction of sp³-hybridized carbons (Fsp3) is 0.333. The fourth-order valence-corrected chi connectivity index (χ4v) is 2.78. The lowest BCUT2D eigenvalue weighted by atomic mass is 10.0. The van der Waals surface area contributed by atoms with Crippen molar-refractivity contribution in [2.24, 2.45) is 5.92 Å². The molecule has 0 saturated carbocycles. The zero-order valence-electron chi connectivity index (χ0n) is 15.6. The first kappa shape index (κ1) is 19.7. The fourth-order valence-electron chi connectivity index (χ4n) is 2.78. The molecular weight excluding hydrogens is 326 g/mol. The van der Waals surface area contributed by atoms with Gasteiger partial charge in [-0.2, -0.15) is 0 Å². The van der Waals surface area contributed by atoms with E-state index in [4.69, 9.17) is 0 Å². The van der Waals surface area contributed by atoms with E-state index in [0.717, 1.165) is 11.3 Å². The Morgan fingerprint density at radius 1 is 1.00 bits per heavy atom. The summed E-state index contributed by atoms with van der Waals surface area (Å²) in [5.74, 6) is -0.478. The number of hydrogen-bond donors (Lipinski definition) is 2. The second kappa shape index (κ2) is 9.73. The number of benzene rings is 2. The number of nitrogens with zero attached hydrogens (tertiary/aromatic N) is 1. The molecule has 2 N–H and O–H groups in total. The molecule has 138 valence electrons. The summed E-state index contributed by atoms with van der Waals surface area (Å²) >= 11 is 0. The van der Waals surface area contributed by atoms with Gasteiger partial charge in [0.2, 0.25) is 11.8 Å². The molecule has 2 amide bonds. The van der Waals surface area contributed by atoms with Crippen LogP contribution in [0.5, 0.6) is 0 Å². The molecule has 1 unspecified atom stereocenters. The van der Waals surface area contributed by atoms with Crippen LogP contribution in [0.1, 0.15) is 12.5 Å². The predicted molar refractivity (Wildman–Crippen MR) is 105 cm³/mol. The van der Waals surface area contributed by atoms with Crippen LogP contribution < -0.4 is 15.5 Å². The average Bonchev–Trinajstić information content (AvgIpc) is 2.68. The van der Waals surface area contributed by atoms with E-state index in [9.17, 15) is 9.59 Å². The van der Waals surface area contributed by atoms with Gasteiger partial charge in [-0.1, -0.05) is 55.5 Å². The molecule has 2 aromatic rings. The average molecular weight is 353 g/mol. The molecule has 2 aromatic carbocycles. The quantitative estimate of drug-likeness (QED) is 0.765. The molecule has 0 spiro atoms. The summed E-state index contributed by atoms with van der Waals surface area (Å²) < 4.78 is 0. The van der Waals surface area contributed by atoms with Crippen molar-refractivity contribution in [1.29, 1.82) is 0 Å². The molecule has 2 atom stereocenters. The molecule has 2 rings (SSSR count). The largest absolute Gasteiger partial charge is 0.344 e. The standard InChI is InChI=1S/C21H27N3O2/c1-16(15-22-2)20(25)23-19(14-17-10-6-4-7-11-17)21(26)24(3)18-12-8-5-9-13-18/h4-13,16,19,22H,14-15H2,1-3H3,(H,23,25)/t16?,19-/m0/s1. The van der Waals surface area contributed by atoms with Gasteiger partial charge in [-0.05, 0) is 24.7 Å². The smallest absolute Gasteiger partial charge is 0.249 e. The van der Waals surface area contributed by atoms with E-state index in [2.05, 4.69) is 10.6 Å². The van der Waals surface area contributed by atoms with Crippen molar-refractivity contribution < 1.29 is 9.59 Å². The molecule has 0 aromatic heterocycles. The van der Waals surface area contributed by atoms with Crippen LogP contribution >= 0.6 is 0 Å². The lowest BCUT2D eigenvalue weighted by molar-refractivity contribution is -0.129. The van der Waals surface area contributed by atoms with Crippen LogP contribution in [-0.2, 0) is 16.0 Å². The Hall–Kier alpha value is -2.66. The van der Waals surface area contributed by atoms with Crippen LogP contribution in [0.25, 0.3) is 0 Å². The third-order valence-electron chi connectivity index (χ3n) is 4.33. The zero-order valence-corrected chi connectivity index (χ0v) is 15.6. The SMILES string of the molecule is CNCC(C)C(=O)N[C@@H](Cc1ccccc1)C(=O)N(C)c1ccccc1. The van der Waals surface area contributed by atoms with E-state index in [-0.39, 0.29) is 17.7 Å². The third kappa shape index (κ3) is 5.43. The van der Waals surface area contributed by atoms with Crippen LogP contribution in [0.4, 0.5) is 5.69 Å². The van der Waals surface area contributed by atoms with Gasteiger partial charge in [-0.15, -0.1) is 0 Å². The van der Waals surface area contributed by atoms with E-state index < -0.39 is 6.04 Å². The van der Waals surface area contributed by atoms with Gasteiger partial charge in [0, 0.05) is 31.6 Å². The van der Waals surface area contributed by atoms with Crippen molar-refractivity contribution in [3.63, 3.8) is 0 Å². The van der Waals surface area contributed by atoms with Gasteiger partial charge in [0.05, 0.1) is 0 Å². The second-order valence-corrected chi connectivity index (χ2v) is 6.44. The summed E-state index contributed by atoms with van der Waals surface area (Å²) in [4.78, 5) is 27.1. The van der Waals surface area contributed by atoms with Crippen molar-refractivity contribution in [3.05, 3.63) is 66.2 Å². The molecule has 0 radical (unpaired) electrons. The van der Waals surface area contributed by atoms with Crippen LogP contribution in [0.2, 0.25) is 0 Å².